The largest absolute Gasteiger partial charge is 0.522 e. The van der Waals surface area contributed by atoms with Crippen LogP contribution in [0.4, 0.5) is 0 Å². The second-order valence-electron chi connectivity index (χ2n) is 3.83. The van der Waals surface area contributed by atoms with Gasteiger partial charge in [-0.1, -0.05) is 11.6 Å². The Labute approximate surface area is 120 Å². The molecule has 0 amide bonds. The SMILES string of the molecule is COc1[c-]ccc2c1C=CC(C)(C)O2.[Er]. The molecule has 1 aliphatic heterocycles. The summed E-state index contributed by atoms with van der Waals surface area (Å²) in [6.45, 7) is 4.05. The molecule has 0 saturated carbocycles. The zero-order chi connectivity index (χ0) is 10.2. The molecule has 86 valence electrons. The van der Waals surface area contributed by atoms with Gasteiger partial charge in [-0.3, -0.25) is 0 Å². The topological polar surface area (TPSA) is 18.5 Å². The predicted molar refractivity (Wildman–Crippen MR) is 55.6 cm³/mol. The Morgan fingerprint density at radius 1 is 1.40 bits per heavy atom. The molecule has 0 radical (unpaired) electrons. The van der Waals surface area contributed by atoms with Crippen molar-refractivity contribution < 1.29 is 46.8 Å². The van der Waals surface area contributed by atoms with Crippen molar-refractivity contribution in [2.24, 2.45) is 0 Å². The van der Waals surface area contributed by atoms with Crippen LogP contribution in [-0.4, -0.2) is 12.7 Å². The number of ether oxygens (including phenoxy) is 2. The Morgan fingerprint density at radius 3 is 2.80 bits per heavy atom. The molecule has 0 bridgehead atoms. The minimum atomic E-state index is -0.237. The quantitative estimate of drug-likeness (QED) is 0.721. The van der Waals surface area contributed by atoms with E-state index in [1.165, 1.54) is 0 Å². The zero-order valence-corrected chi connectivity index (χ0v) is 10.8. The van der Waals surface area contributed by atoms with Crippen molar-refractivity contribution in [1.82, 2.24) is 0 Å². The van der Waals surface area contributed by atoms with E-state index >= 15 is 0 Å². The van der Waals surface area contributed by atoms with Crippen molar-refractivity contribution in [1.29, 1.82) is 0 Å². The summed E-state index contributed by atoms with van der Waals surface area (Å²) in [5, 5.41) is 0. The Hall–Kier alpha value is -0.193. The van der Waals surface area contributed by atoms with Gasteiger partial charge in [0.1, 0.15) is 5.60 Å². The van der Waals surface area contributed by atoms with E-state index in [1.54, 1.807) is 7.11 Å². The van der Waals surface area contributed by atoms with Gasteiger partial charge < -0.3 is 9.47 Å². The standard InChI is InChI=1S/C12H13O2.Er/c1-12(2)8-7-9-10(13-3)5-4-6-11(9)14-12;/h4,6-8H,1-3H3;/q-1;. The summed E-state index contributed by atoms with van der Waals surface area (Å²) in [5.74, 6) is 1.59. The van der Waals surface area contributed by atoms with Gasteiger partial charge in [0.25, 0.3) is 0 Å². The van der Waals surface area contributed by atoms with Gasteiger partial charge in [-0.15, -0.1) is 18.2 Å². The third-order valence-corrected chi connectivity index (χ3v) is 2.19. The van der Waals surface area contributed by atoms with Crippen LogP contribution in [0.1, 0.15) is 19.4 Å². The molecule has 0 unspecified atom stereocenters. The van der Waals surface area contributed by atoms with E-state index < -0.39 is 0 Å². The molecule has 0 atom stereocenters. The molecule has 1 aromatic carbocycles. The number of benzene rings is 1. The molecule has 0 saturated heterocycles. The third kappa shape index (κ3) is 2.68. The van der Waals surface area contributed by atoms with Crippen molar-refractivity contribution in [2.45, 2.75) is 19.4 Å². The second-order valence-corrected chi connectivity index (χ2v) is 3.83. The normalized spacial score (nSPS) is 15.9. The van der Waals surface area contributed by atoms with Gasteiger partial charge in [0.2, 0.25) is 0 Å². The summed E-state index contributed by atoms with van der Waals surface area (Å²) >= 11 is 0. The van der Waals surface area contributed by atoms with E-state index in [1.807, 2.05) is 38.1 Å². The molecule has 1 aromatic rings. The van der Waals surface area contributed by atoms with Crippen LogP contribution >= 0.6 is 0 Å². The van der Waals surface area contributed by atoms with Crippen molar-refractivity contribution >= 4 is 6.08 Å². The van der Waals surface area contributed by atoms with Crippen molar-refractivity contribution in [3.63, 3.8) is 0 Å². The van der Waals surface area contributed by atoms with E-state index in [-0.39, 0.29) is 42.9 Å². The summed E-state index contributed by atoms with van der Waals surface area (Å²) < 4.78 is 11.0. The fourth-order valence-corrected chi connectivity index (χ4v) is 1.49. The molecular weight excluding hydrogens is 343 g/mol. The molecule has 1 aliphatic rings. The average molecular weight is 356 g/mol. The van der Waals surface area contributed by atoms with Crippen LogP contribution in [0.5, 0.6) is 11.5 Å². The van der Waals surface area contributed by atoms with Gasteiger partial charge in [0, 0.05) is 48.8 Å². The summed E-state index contributed by atoms with van der Waals surface area (Å²) in [7, 11) is 1.64. The molecule has 3 heteroatoms. The van der Waals surface area contributed by atoms with Crippen molar-refractivity contribution in [3.8, 4) is 11.5 Å². The molecule has 2 nitrogen and oxygen atoms in total. The average Bonchev–Trinajstić information content (AvgIpc) is 2.15. The fraction of sp³-hybridized carbons (Fsp3) is 0.333. The Bertz CT molecular complexity index is 383. The summed E-state index contributed by atoms with van der Waals surface area (Å²) in [6.07, 6.45) is 4.04. The molecule has 0 spiro atoms. The molecule has 1 heterocycles. The van der Waals surface area contributed by atoms with E-state index in [0.717, 1.165) is 17.1 Å². The van der Waals surface area contributed by atoms with Crippen molar-refractivity contribution in [3.05, 3.63) is 29.8 Å². The first-order valence-electron chi connectivity index (χ1n) is 4.59. The van der Waals surface area contributed by atoms with Crippen LogP contribution in [0.3, 0.4) is 0 Å². The van der Waals surface area contributed by atoms with Gasteiger partial charge in [0.05, 0.1) is 7.11 Å². The molecule has 0 aliphatic carbocycles. The van der Waals surface area contributed by atoms with Crippen LogP contribution in [-0.2, 0) is 0 Å². The Morgan fingerprint density at radius 2 is 2.13 bits per heavy atom. The zero-order valence-electron chi connectivity index (χ0n) is 8.91. The van der Waals surface area contributed by atoms with Gasteiger partial charge >= 0.3 is 0 Å². The first-order valence-corrected chi connectivity index (χ1v) is 4.59. The van der Waals surface area contributed by atoms with Crippen LogP contribution < -0.4 is 9.47 Å². The molecule has 0 fully saturated rings. The molecule has 0 N–H and O–H groups in total. The van der Waals surface area contributed by atoms with Gasteiger partial charge in [-0.05, 0) is 13.8 Å². The van der Waals surface area contributed by atoms with E-state index in [4.69, 9.17) is 9.47 Å². The van der Waals surface area contributed by atoms with Crippen LogP contribution in [0.2, 0.25) is 0 Å². The fourth-order valence-electron chi connectivity index (χ4n) is 1.49. The maximum absolute atomic E-state index is 5.77. The summed E-state index contributed by atoms with van der Waals surface area (Å²) in [5.41, 5.74) is 0.730. The van der Waals surface area contributed by atoms with Crippen molar-refractivity contribution in [2.75, 3.05) is 7.11 Å². The summed E-state index contributed by atoms with van der Waals surface area (Å²) in [6, 6.07) is 6.74. The van der Waals surface area contributed by atoms with E-state index in [2.05, 4.69) is 6.07 Å². The number of hydrogen-bond donors (Lipinski definition) is 0. The molecular formula is C12H13ErO2-. The number of fused-ring (bicyclic) bond motifs is 1. The summed E-state index contributed by atoms with van der Waals surface area (Å²) in [4.78, 5) is 0. The van der Waals surface area contributed by atoms with Crippen LogP contribution in [0.25, 0.3) is 6.08 Å². The maximum Gasteiger partial charge on any atom is 0.118 e. The van der Waals surface area contributed by atoms with Gasteiger partial charge in [-0.25, -0.2) is 0 Å². The minimum absolute atomic E-state index is 0. The first-order chi connectivity index (χ1) is 6.62. The van der Waals surface area contributed by atoms with Crippen LogP contribution in [0.15, 0.2) is 18.2 Å². The van der Waals surface area contributed by atoms with Crippen LogP contribution in [0, 0.1) is 43.4 Å². The third-order valence-electron chi connectivity index (χ3n) is 2.19. The predicted octanol–water partition coefficient (Wildman–Crippen LogP) is 2.68. The minimum Gasteiger partial charge on any atom is -0.522 e. The molecule has 0 aromatic heterocycles. The smallest absolute Gasteiger partial charge is 0.118 e. The second kappa shape index (κ2) is 4.76. The van der Waals surface area contributed by atoms with E-state index in [0.29, 0.717) is 0 Å². The van der Waals surface area contributed by atoms with Gasteiger partial charge in [0.15, 0.2) is 0 Å². The van der Waals surface area contributed by atoms with Gasteiger partial charge in [-0.2, -0.15) is 6.07 Å². The molecule has 2 rings (SSSR count). The number of methoxy groups -OCH3 is 1. The molecule has 15 heavy (non-hydrogen) atoms. The number of hydrogen-bond acceptors (Lipinski definition) is 2. The Balaban J connectivity index is 0.00000112. The maximum atomic E-state index is 5.77. The Kier molecular flexibility index (Phi) is 4.09. The monoisotopic (exact) mass is 355 g/mol. The van der Waals surface area contributed by atoms with E-state index in [9.17, 15) is 0 Å². The number of rotatable bonds is 1. The first kappa shape index (κ1) is 12.9.